The Morgan fingerprint density at radius 3 is 2.58 bits per heavy atom. The molecule has 1 aliphatic rings. The molecule has 0 unspecified atom stereocenters. The average molecular weight is 306 g/mol. The van der Waals surface area contributed by atoms with E-state index in [1.807, 2.05) is 0 Å². The molecule has 19 heavy (non-hydrogen) atoms. The number of rotatable bonds is 3. The molecule has 0 radical (unpaired) electrons. The molecular formula is C13H14Cl2FNO2. The predicted octanol–water partition coefficient (Wildman–Crippen LogP) is 3.17. The van der Waals surface area contributed by atoms with Crippen molar-refractivity contribution in [1.82, 2.24) is 5.32 Å². The molecule has 1 amide bonds. The summed E-state index contributed by atoms with van der Waals surface area (Å²) in [5, 5.41) is 12.7. The molecule has 1 aliphatic carbocycles. The van der Waals surface area contributed by atoms with Gasteiger partial charge >= 0.3 is 0 Å². The number of nitrogens with one attached hydrogen (secondary N) is 1. The van der Waals surface area contributed by atoms with E-state index in [1.165, 1.54) is 6.07 Å². The second-order valence-corrected chi connectivity index (χ2v) is 5.67. The van der Waals surface area contributed by atoms with E-state index >= 15 is 0 Å². The Kier molecular flexibility index (Phi) is 4.33. The first-order valence-corrected chi connectivity index (χ1v) is 6.82. The van der Waals surface area contributed by atoms with Crippen LogP contribution in [0.1, 0.15) is 36.0 Å². The first-order valence-electron chi connectivity index (χ1n) is 6.06. The minimum Gasteiger partial charge on any atom is -0.388 e. The van der Waals surface area contributed by atoms with Gasteiger partial charge in [0.15, 0.2) is 0 Å². The van der Waals surface area contributed by atoms with Gasteiger partial charge in [-0.25, -0.2) is 4.39 Å². The van der Waals surface area contributed by atoms with E-state index in [1.54, 1.807) is 0 Å². The fourth-order valence-corrected chi connectivity index (χ4v) is 2.72. The molecule has 0 aromatic heterocycles. The quantitative estimate of drug-likeness (QED) is 0.843. The predicted molar refractivity (Wildman–Crippen MR) is 72.2 cm³/mol. The van der Waals surface area contributed by atoms with Gasteiger partial charge in [0, 0.05) is 6.54 Å². The first-order chi connectivity index (χ1) is 8.91. The summed E-state index contributed by atoms with van der Waals surface area (Å²) in [5.74, 6) is -1.21. The molecule has 3 nitrogen and oxygen atoms in total. The third-order valence-corrected chi connectivity index (χ3v) is 3.97. The summed E-state index contributed by atoms with van der Waals surface area (Å²) < 4.78 is 13.3. The van der Waals surface area contributed by atoms with E-state index in [2.05, 4.69) is 5.32 Å². The van der Waals surface area contributed by atoms with Crippen LogP contribution in [0.5, 0.6) is 0 Å². The topological polar surface area (TPSA) is 49.3 Å². The molecule has 2 N–H and O–H groups in total. The zero-order valence-corrected chi connectivity index (χ0v) is 11.7. The SMILES string of the molecule is O=C(NCC1(O)CCCC1)c1cc(F)c(Cl)cc1Cl. The maximum Gasteiger partial charge on any atom is 0.253 e. The lowest BCUT2D eigenvalue weighted by atomic mass is 10.0. The van der Waals surface area contributed by atoms with Gasteiger partial charge in [-0.3, -0.25) is 4.79 Å². The summed E-state index contributed by atoms with van der Waals surface area (Å²) in [7, 11) is 0. The van der Waals surface area contributed by atoms with Crippen LogP contribution in [0, 0.1) is 5.82 Å². The fourth-order valence-electron chi connectivity index (χ4n) is 2.25. The van der Waals surface area contributed by atoms with Crippen LogP contribution in [0.4, 0.5) is 4.39 Å². The molecule has 1 aromatic carbocycles. The number of hydrogen-bond acceptors (Lipinski definition) is 2. The zero-order chi connectivity index (χ0) is 14.0. The van der Waals surface area contributed by atoms with E-state index in [0.29, 0.717) is 12.8 Å². The molecule has 6 heteroatoms. The Morgan fingerprint density at radius 1 is 1.32 bits per heavy atom. The molecular weight excluding hydrogens is 292 g/mol. The highest BCUT2D eigenvalue weighted by Gasteiger charge is 2.31. The van der Waals surface area contributed by atoms with Crippen molar-refractivity contribution in [3.8, 4) is 0 Å². The minimum atomic E-state index is -0.854. The third-order valence-electron chi connectivity index (χ3n) is 3.37. The molecule has 0 heterocycles. The van der Waals surface area contributed by atoms with E-state index in [9.17, 15) is 14.3 Å². The van der Waals surface area contributed by atoms with E-state index in [0.717, 1.165) is 18.9 Å². The van der Waals surface area contributed by atoms with Gasteiger partial charge in [-0.1, -0.05) is 36.0 Å². The van der Waals surface area contributed by atoms with E-state index in [4.69, 9.17) is 23.2 Å². The normalized spacial score (nSPS) is 17.5. The number of carbonyl (C=O) groups is 1. The van der Waals surface area contributed by atoms with E-state index in [-0.39, 0.29) is 22.2 Å². The van der Waals surface area contributed by atoms with Crippen LogP contribution in [0.3, 0.4) is 0 Å². The van der Waals surface area contributed by atoms with Crippen molar-refractivity contribution >= 4 is 29.1 Å². The van der Waals surface area contributed by atoms with Gasteiger partial charge in [0.1, 0.15) is 5.82 Å². The second kappa shape index (κ2) is 5.65. The summed E-state index contributed by atoms with van der Waals surface area (Å²) in [4.78, 5) is 11.9. The van der Waals surface area contributed by atoms with Crippen molar-refractivity contribution in [2.24, 2.45) is 0 Å². The Labute approximate surface area is 120 Å². The Morgan fingerprint density at radius 2 is 1.95 bits per heavy atom. The Hall–Kier alpha value is -0.840. The lowest BCUT2D eigenvalue weighted by molar-refractivity contribution is 0.0449. The van der Waals surface area contributed by atoms with Crippen molar-refractivity contribution in [2.75, 3.05) is 6.54 Å². The van der Waals surface area contributed by atoms with Crippen molar-refractivity contribution < 1.29 is 14.3 Å². The second-order valence-electron chi connectivity index (χ2n) is 4.86. The van der Waals surface area contributed by atoms with Crippen LogP contribution in [-0.4, -0.2) is 23.2 Å². The largest absolute Gasteiger partial charge is 0.388 e. The summed E-state index contributed by atoms with van der Waals surface area (Å²) in [5.41, 5.74) is -0.835. The van der Waals surface area contributed by atoms with Gasteiger partial charge in [0.05, 0.1) is 21.2 Å². The Balaban J connectivity index is 2.06. The van der Waals surface area contributed by atoms with Crippen LogP contribution in [0.2, 0.25) is 10.0 Å². The van der Waals surface area contributed by atoms with Crippen LogP contribution in [0.15, 0.2) is 12.1 Å². The fraction of sp³-hybridized carbons (Fsp3) is 0.462. The van der Waals surface area contributed by atoms with Crippen molar-refractivity contribution in [3.63, 3.8) is 0 Å². The number of benzene rings is 1. The standard InChI is InChI=1S/C13H14Cl2FNO2/c14-9-6-10(15)11(16)5-8(9)12(18)17-7-13(19)3-1-2-4-13/h5-6,19H,1-4,7H2,(H,17,18). The van der Waals surface area contributed by atoms with Crippen LogP contribution < -0.4 is 5.32 Å². The maximum absolute atomic E-state index is 13.3. The van der Waals surface area contributed by atoms with E-state index < -0.39 is 17.3 Å². The lowest BCUT2D eigenvalue weighted by Crippen LogP contribution is -2.40. The minimum absolute atomic E-state index is 0.0187. The highest BCUT2D eigenvalue weighted by Crippen LogP contribution is 2.29. The van der Waals surface area contributed by atoms with Gasteiger partial charge in [0.2, 0.25) is 0 Å². The highest BCUT2D eigenvalue weighted by atomic mass is 35.5. The molecule has 1 aromatic rings. The molecule has 0 bridgehead atoms. The first kappa shape index (κ1) is 14.6. The number of carbonyl (C=O) groups excluding carboxylic acids is 1. The van der Waals surface area contributed by atoms with Gasteiger partial charge in [-0.15, -0.1) is 0 Å². The van der Waals surface area contributed by atoms with Crippen molar-refractivity contribution in [2.45, 2.75) is 31.3 Å². The number of halogens is 3. The van der Waals surface area contributed by atoms with Gasteiger partial charge < -0.3 is 10.4 Å². The summed E-state index contributed by atoms with van der Waals surface area (Å²) in [6.45, 7) is 0.145. The molecule has 0 saturated heterocycles. The number of hydrogen-bond donors (Lipinski definition) is 2. The Bertz CT molecular complexity index is 502. The molecule has 0 atom stereocenters. The summed E-state index contributed by atoms with van der Waals surface area (Å²) in [6.07, 6.45) is 3.22. The number of amides is 1. The monoisotopic (exact) mass is 305 g/mol. The summed E-state index contributed by atoms with van der Waals surface area (Å²) in [6, 6.07) is 2.19. The number of aliphatic hydroxyl groups is 1. The summed E-state index contributed by atoms with van der Waals surface area (Å²) >= 11 is 11.4. The van der Waals surface area contributed by atoms with Crippen LogP contribution >= 0.6 is 23.2 Å². The van der Waals surface area contributed by atoms with Crippen molar-refractivity contribution in [1.29, 1.82) is 0 Å². The molecule has 104 valence electrons. The average Bonchev–Trinajstić information content (AvgIpc) is 2.78. The molecule has 1 fully saturated rings. The van der Waals surface area contributed by atoms with Gasteiger partial charge in [-0.05, 0) is 25.0 Å². The maximum atomic E-state index is 13.3. The lowest BCUT2D eigenvalue weighted by Gasteiger charge is -2.22. The third kappa shape index (κ3) is 3.38. The molecule has 0 spiro atoms. The molecule has 1 saturated carbocycles. The van der Waals surface area contributed by atoms with Crippen LogP contribution in [0.25, 0.3) is 0 Å². The zero-order valence-electron chi connectivity index (χ0n) is 10.2. The van der Waals surface area contributed by atoms with Crippen molar-refractivity contribution in [3.05, 3.63) is 33.6 Å². The van der Waals surface area contributed by atoms with Gasteiger partial charge in [0.25, 0.3) is 5.91 Å². The smallest absolute Gasteiger partial charge is 0.253 e. The van der Waals surface area contributed by atoms with Gasteiger partial charge in [-0.2, -0.15) is 0 Å². The molecule has 2 rings (SSSR count). The highest BCUT2D eigenvalue weighted by molar-refractivity contribution is 6.36. The van der Waals surface area contributed by atoms with Crippen LogP contribution in [-0.2, 0) is 0 Å². The molecule has 0 aliphatic heterocycles.